The number of rotatable bonds is 4. The highest BCUT2D eigenvalue weighted by Gasteiger charge is 2.25. The maximum absolute atomic E-state index is 8.88. The third kappa shape index (κ3) is 2.95. The normalized spacial score (nSPS) is 23.7. The Hall–Kier alpha value is -0.550. The Morgan fingerprint density at radius 3 is 2.20 bits per heavy atom. The van der Waals surface area contributed by atoms with Gasteiger partial charge < -0.3 is 0 Å². The fraction of sp³-hybridized carbons (Fsp3) is 0.923. The Morgan fingerprint density at radius 2 is 1.60 bits per heavy atom. The lowest BCUT2D eigenvalue weighted by atomic mass is 10.1. The van der Waals surface area contributed by atoms with Crippen molar-refractivity contribution in [1.29, 1.82) is 5.26 Å². The zero-order valence-corrected chi connectivity index (χ0v) is 9.62. The van der Waals surface area contributed by atoms with E-state index in [1.54, 1.807) is 0 Å². The molecule has 0 heterocycles. The molecular weight excluding hydrogens is 184 g/mol. The molecule has 0 saturated heterocycles. The summed E-state index contributed by atoms with van der Waals surface area (Å²) in [5.41, 5.74) is 0. The molecule has 15 heavy (non-hydrogen) atoms. The third-order valence-corrected chi connectivity index (χ3v) is 4.08. The van der Waals surface area contributed by atoms with E-state index in [0.29, 0.717) is 6.54 Å². The van der Waals surface area contributed by atoms with Gasteiger partial charge in [0.25, 0.3) is 0 Å². The lowest BCUT2D eigenvalue weighted by molar-refractivity contribution is 0.189. The third-order valence-electron chi connectivity index (χ3n) is 4.08. The lowest BCUT2D eigenvalue weighted by Gasteiger charge is -2.28. The Balaban J connectivity index is 1.84. The van der Waals surface area contributed by atoms with Crippen molar-refractivity contribution in [3.05, 3.63) is 0 Å². The SMILES string of the molecule is N#CCN(CC1CCCC1)C1CCCC1. The van der Waals surface area contributed by atoms with E-state index in [4.69, 9.17) is 5.26 Å². The van der Waals surface area contributed by atoms with Crippen molar-refractivity contribution < 1.29 is 0 Å². The second kappa shape index (κ2) is 5.51. The predicted molar refractivity (Wildman–Crippen MR) is 61.4 cm³/mol. The summed E-state index contributed by atoms with van der Waals surface area (Å²) in [4.78, 5) is 2.46. The van der Waals surface area contributed by atoms with Gasteiger partial charge in [0.1, 0.15) is 0 Å². The summed E-state index contributed by atoms with van der Waals surface area (Å²) in [6.07, 6.45) is 11.0. The average molecular weight is 206 g/mol. The first-order valence-electron chi connectivity index (χ1n) is 6.51. The largest absolute Gasteiger partial charge is 0.287 e. The number of hydrogen-bond donors (Lipinski definition) is 0. The molecule has 0 radical (unpaired) electrons. The molecule has 0 aromatic carbocycles. The van der Waals surface area contributed by atoms with Crippen LogP contribution >= 0.6 is 0 Å². The maximum atomic E-state index is 8.88. The highest BCUT2D eigenvalue weighted by molar-refractivity contribution is 4.86. The van der Waals surface area contributed by atoms with Crippen LogP contribution in [0.1, 0.15) is 51.4 Å². The monoisotopic (exact) mass is 206 g/mol. The minimum absolute atomic E-state index is 0.654. The van der Waals surface area contributed by atoms with E-state index in [1.165, 1.54) is 57.9 Å². The Bertz CT molecular complexity index is 219. The zero-order chi connectivity index (χ0) is 10.5. The van der Waals surface area contributed by atoms with Crippen molar-refractivity contribution in [3.63, 3.8) is 0 Å². The van der Waals surface area contributed by atoms with Gasteiger partial charge in [-0.1, -0.05) is 25.7 Å². The van der Waals surface area contributed by atoms with Gasteiger partial charge >= 0.3 is 0 Å². The predicted octanol–water partition coefficient (Wildman–Crippen LogP) is 2.94. The first-order valence-corrected chi connectivity index (χ1v) is 6.51. The highest BCUT2D eigenvalue weighted by atomic mass is 15.2. The lowest BCUT2D eigenvalue weighted by Crippen LogP contribution is -2.37. The molecule has 2 fully saturated rings. The topological polar surface area (TPSA) is 27.0 Å². The molecule has 0 aliphatic heterocycles. The van der Waals surface area contributed by atoms with Gasteiger partial charge in [-0.2, -0.15) is 5.26 Å². The van der Waals surface area contributed by atoms with Crippen LogP contribution in [0.3, 0.4) is 0 Å². The molecule has 0 spiro atoms. The Morgan fingerprint density at radius 1 is 1.00 bits per heavy atom. The molecule has 2 saturated carbocycles. The van der Waals surface area contributed by atoms with Crippen LogP contribution in [0.25, 0.3) is 0 Å². The highest BCUT2D eigenvalue weighted by Crippen LogP contribution is 2.29. The summed E-state index contributed by atoms with van der Waals surface area (Å²) >= 11 is 0. The summed E-state index contributed by atoms with van der Waals surface area (Å²) in [6, 6.07) is 3.07. The van der Waals surface area contributed by atoms with Gasteiger partial charge in [0.15, 0.2) is 0 Å². The van der Waals surface area contributed by atoms with Crippen LogP contribution in [0.4, 0.5) is 0 Å². The van der Waals surface area contributed by atoms with Crippen LogP contribution in [-0.4, -0.2) is 24.0 Å². The van der Waals surface area contributed by atoms with Gasteiger partial charge in [0.2, 0.25) is 0 Å². The van der Waals surface area contributed by atoms with Crippen molar-refractivity contribution in [2.45, 2.75) is 57.4 Å². The van der Waals surface area contributed by atoms with Gasteiger partial charge in [-0.25, -0.2) is 0 Å². The smallest absolute Gasteiger partial charge is 0.0868 e. The molecule has 2 nitrogen and oxygen atoms in total. The van der Waals surface area contributed by atoms with Crippen molar-refractivity contribution >= 4 is 0 Å². The Labute approximate surface area is 93.3 Å². The van der Waals surface area contributed by atoms with Crippen molar-refractivity contribution in [1.82, 2.24) is 4.90 Å². The molecule has 0 aromatic rings. The van der Waals surface area contributed by atoms with Crippen molar-refractivity contribution in [2.24, 2.45) is 5.92 Å². The summed E-state index contributed by atoms with van der Waals surface area (Å²) in [7, 11) is 0. The molecule has 0 N–H and O–H groups in total. The van der Waals surface area contributed by atoms with Crippen molar-refractivity contribution in [3.8, 4) is 6.07 Å². The second-order valence-corrected chi connectivity index (χ2v) is 5.18. The number of hydrogen-bond acceptors (Lipinski definition) is 2. The van der Waals surface area contributed by atoms with Crippen LogP contribution < -0.4 is 0 Å². The standard InChI is InChI=1S/C13H22N2/c14-9-10-15(13-7-3-4-8-13)11-12-5-1-2-6-12/h12-13H,1-8,10-11H2. The molecule has 0 amide bonds. The van der Waals surface area contributed by atoms with Gasteiger partial charge in [-0.05, 0) is 31.6 Å². The van der Waals surface area contributed by atoms with E-state index in [-0.39, 0.29) is 0 Å². The molecule has 0 unspecified atom stereocenters. The van der Waals surface area contributed by atoms with E-state index in [1.807, 2.05) is 0 Å². The summed E-state index contributed by atoms with van der Waals surface area (Å²) in [5, 5.41) is 8.88. The quantitative estimate of drug-likeness (QED) is 0.661. The maximum Gasteiger partial charge on any atom is 0.0868 e. The van der Waals surface area contributed by atoms with E-state index in [0.717, 1.165) is 12.0 Å². The first-order chi connectivity index (χ1) is 7.40. The van der Waals surface area contributed by atoms with Crippen LogP contribution in [0.2, 0.25) is 0 Å². The number of nitriles is 1. The first kappa shape index (κ1) is 11.0. The van der Waals surface area contributed by atoms with E-state index >= 15 is 0 Å². The summed E-state index contributed by atoms with van der Waals surface area (Å²) < 4.78 is 0. The molecule has 0 aromatic heterocycles. The second-order valence-electron chi connectivity index (χ2n) is 5.18. The molecule has 0 atom stereocenters. The summed E-state index contributed by atoms with van der Waals surface area (Å²) in [5.74, 6) is 0.888. The van der Waals surface area contributed by atoms with Crippen LogP contribution in [-0.2, 0) is 0 Å². The zero-order valence-electron chi connectivity index (χ0n) is 9.62. The summed E-state index contributed by atoms with van der Waals surface area (Å²) in [6.45, 7) is 1.85. The molecular formula is C13H22N2. The Kier molecular flexibility index (Phi) is 4.02. The van der Waals surface area contributed by atoms with Crippen LogP contribution in [0, 0.1) is 17.2 Å². The molecule has 2 rings (SSSR count). The average Bonchev–Trinajstić information content (AvgIpc) is 2.89. The minimum atomic E-state index is 0.654. The molecule has 2 aliphatic carbocycles. The number of nitrogens with zero attached hydrogens (tertiary/aromatic N) is 2. The van der Waals surface area contributed by atoms with E-state index < -0.39 is 0 Å². The van der Waals surface area contributed by atoms with Gasteiger partial charge in [0, 0.05) is 12.6 Å². The van der Waals surface area contributed by atoms with Gasteiger partial charge in [-0.15, -0.1) is 0 Å². The van der Waals surface area contributed by atoms with Gasteiger partial charge in [-0.3, -0.25) is 4.90 Å². The van der Waals surface area contributed by atoms with Gasteiger partial charge in [0.05, 0.1) is 12.6 Å². The van der Waals surface area contributed by atoms with Crippen LogP contribution in [0.5, 0.6) is 0 Å². The van der Waals surface area contributed by atoms with E-state index in [2.05, 4.69) is 11.0 Å². The minimum Gasteiger partial charge on any atom is -0.287 e. The molecule has 2 aliphatic rings. The fourth-order valence-corrected chi connectivity index (χ4v) is 3.23. The fourth-order valence-electron chi connectivity index (χ4n) is 3.23. The molecule has 84 valence electrons. The molecule has 2 heteroatoms. The van der Waals surface area contributed by atoms with E-state index in [9.17, 15) is 0 Å². The van der Waals surface area contributed by atoms with Crippen molar-refractivity contribution in [2.75, 3.05) is 13.1 Å². The van der Waals surface area contributed by atoms with Crippen LogP contribution in [0.15, 0.2) is 0 Å². The molecule has 0 bridgehead atoms.